The number of nitrogens with two attached hydrogens (primary N) is 2. The molecule has 1 atom stereocenters. The first-order chi connectivity index (χ1) is 11.7. The van der Waals surface area contributed by atoms with Crippen LogP contribution in [0.15, 0.2) is 0 Å². The van der Waals surface area contributed by atoms with Crippen LogP contribution in [0.4, 0.5) is 4.79 Å². The second kappa shape index (κ2) is 12.5. The monoisotopic (exact) mass is 358 g/mol. The molecule has 6 N–H and O–H groups in total. The van der Waals surface area contributed by atoms with Gasteiger partial charge in [0.1, 0.15) is 11.6 Å². The number of hydrogen-bond donors (Lipinski definition) is 4. The van der Waals surface area contributed by atoms with Gasteiger partial charge < -0.3 is 26.8 Å². The second-order valence-electron chi connectivity index (χ2n) is 7.05. The van der Waals surface area contributed by atoms with Crippen LogP contribution in [0.1, 0.15) is 65.7 Å². The fraction of sp³-hybridized carbons (Fsp3) is 0.824. The summed E-state index contributed by atoms with van der Waals surface area (Å²) in [6, 6.07) is -0.646. The molecule has 0 bridgehead atoms. The van der Waals surface area contributed by atoms with Crippen molar-refractivity contribution in [2.45, 2.75) is 77.4 Å². The topological polar surface area (TPSA) is 137 Å². The number of primary amides is 1. The van der Waals surface area contributed by atoms with Crippen LogP contribution in [0.5, 0.6) is 0 Å². The number of ether oxygens (including phenoxy) is 1. The van der Waals surface area contributed by atoms with Gasteiger partial charge in [-0.3, -0.25) is 9.59 Å². The Labute approximate surface area is 150 Å². The summed E-state index contributed by atoms with van der Waals surface area (Å²) < 4.78 is 5.21. The van der Waals surface area contributed by atoms with Gasteiger partial charge in [-0.2, -0.15) is 0 Å². The van der Waals surface area contributed by atoms with Gasteiger partial charge in [-0.1, -0.05) is 6.42 Å². The molecule has 0 aromatic heterocycles. The van der Waals surface area contributed by atoms with E-state index in [9.17, 15) is 14.4 Å². The SMILES string of the molecule is CC(C)(C)OC(=O)N[C@@H](CCCCN)C(=O)NCCCCCC(N)=O. The number of amides is 3. The zero-order chi connectivity index (χ0) is 19.3. The molecule has 8 nitrogen and oxygen atoms in total. The van der Waals surface area contributed by atoms with Crippen LogP contribution in [0, 0.1) is 0 Å². The molecule has 0 aromatic carbocycles. The van der Waals surface area contributed by atoms with E-state index in [4.69, 9.17) is 16.2 Å². The fourth-order valence-corrected chi connectivity index (χ4v) is 2.15. The van der Waals surface area contributed by atoms with Crippen molar-refractivity contribution < 1.29 is 19.1 Å². The molecule has 0 unspecified atom stereocenters. The summed E-state index contributed by atoms with van der Waals surface area (Å²) in [4.78, 5) is 34.8. The van der Waals surface area contributed by atoms with Gasteiger partial charge in [-0.05, 0) is 59.4 Å². The molecular weight excluding hydrogens is 324 g/mol. The van der Waals surface area contributed by atoms with Crippen molar-refractivity contribution in [3.05, 3.63) is 0 Å². The van der Waals surface area contributed by atoms with Crippen LogP contribution in [-0.4, -0.2) is 42.6 Å². The van der Waals surface area contributed by atoms with Crippen molar-refractivity contribution in [3.8, 4) is 0 Å². The van der Waals surface area contributed by atoms with Crippen molar-refractivity contribution in [2.24, 2.45) is 11.5 Å². The number of nitrogens with one attached hydrogen (secondary N) is 2. The molecule has 0 aliphatic heterocycles. The molecule has 0 aliphatic rings. The van der Waals surface area contributed by atoms with Crippen LogP contribution in [0.2, 0.25) is 0 Å². The Hall–Kier alpha value is -1.83. The number of alkyl carbamates (subject to hydrolysis) is 1. The van der Waals surface area contributed by atoms with Crippen molar-refractivity contribution >= 4 is 17.9 Å². The Kier molecular flexibility index (Phi) is 11.6. The highest BCUT2D eigenvalue weighted by molar-refractivity contribution is 5.85. The molecule has 0 saturated carbocycles. The third kappa shape index (κ3) is 14.2. The molecule has 0 aromatic rings. The van der Waals surface area contributed by atoms with Gasteiger partial charge >= 0.3 is 6.09 Å². The van der Waals surface area contributed by atoms with Crippen LogP contribution in [0.3, 0.4) is 0 Å². The van der Waals surface area contributed by atoms with Gasteiger partial charge in [-0.25, -0.2) is 4.79 Å². The molecular formula is C17H34N4O4. The highest BCUT2D eigenvalue weighted by atomic mass is 16.6. The normalized spacial score (nSPS) is 12.3. The average molecular weight is 358 g/mol. The maximum absolute atomic E-state index is 12.3. The Balaban J connectivity index is 4.31. The van der Waals surface area contributed by atoms with E-state index in [0.29, 0.717) is 32.4 Å². The van der Waals surface area contributed by atoms with Crippen LogP contribution in [0.25, 0.3) is 0 Å². The van der Waals surface area contributed by atoms with E-state index in [0.717, 1.165) is 25.7 Å². The number of hydrogen-bond acceptors (Lipinski definition) is 5. The molecule has 0 spiro atoms. The van der Waals surface area contributed by atoms with Crippen molar-refractivity contribution in [1.82, 2.24) is 10.6 Å². The first kappa shape index (κ1) is 23.2. The molecule has 0 saturated heterocycles. The number of rotatable bonds is 12. The van der Waals surface area contributed by atoms with Gasteiger partial charge in [0.15, 0.2) is 0 Å². The molecule has 0 heterocycles. The summed E-state index contributed by atoms with van der Waals surface area (Å²) in [6.45, 7) is 6.33. The molecule has 146 valence electrons. The van der Waals surface area contributed by atoms with E-state index < -0.39 is 17.7 Å². The second-order valence-corrected chi connectivity index (χ2v) is 7.05. The molecule has 0 radical (unpaired) electrons. The van der Waals surface area contributed by atoms with Gasteiger partial charge in [-0.15, -0.1) is 0 Å². The summed E-state index contributed by atoms with van der Waals surface area (Å²) in [5.74, 6) is -0.552. The first-order valence-electron chi connectivity index (χ1n) is 8.91. The average Bonchev–Trinajstić information content (AvgIpc) is 2.47. The standard InChI is InChI=1S/C17H34N4O4/c1-17(2,3)25-16(24)21-13(9-6-7-11-18)15(23)20-12-8-4-5-10-14(19)22/h13H,4-12,18H2,1-3H3,(H2,19,22)(H,20,23)(H,21,24)/t13-/m0/s1. The van der Waals surface area contributed by atoms with E-state index in [1.54, 1.807) is 20.8 Å². The molecule has 0 fully saturated rings. The molecule has 8 heteroatoms. The molecule has 0 aliphatic carbocycles. The van der Waals surface area contributed by atoms with E-state index in [2.05, 4.69) is 10.6 Å². The lowest BCUT2D eigenvalue weighted by molar-refractivity contribution is -0.123. The van der Waals surface area contributed by atoms with E-state index in [1.807, 2.05) is 0 Å². The fourth-order valence-electron chi connectivity index (χ4n) is 2.15. The lowest BCUT2D eigenvalue weighted by Crippen LogP contribution is -2.48. The number of carbonyl (C=O) groups is 3. The third-order valence-corrected chi connectivity index (χ3v) is 3.35. The Morgan fingerprint density at radius 3 is 2.28 bits per heavy atom. The highest BCUT2D eigenvalue weighted by Gasteiger charge is 2.23. The minimum absolute atomic E-state index is 0.238. The smallest absolute Gasteiger partial charge is 0.408 e. The Morgan fingerprint density at radius 2 is 1.72 bits per heavy atom. The Bertz CT molecular complexity index is 421. The summed E-state index contributed by atoms with van der Waals surface area (Å²) >= 11 is 0. The predicted octanol–water partition coefficient (Wildman–Crippen LogP) is 1.17. The van der Waals surface area contributed by atoms with Crippen LogP contribution < -0.4 is 22.1 Å². The van der Waals surface area contributed by atoms with Gasteiger partial charge in [0, 0.05) is 13.0 Å². The quantitative estimate of drug-likeness (QED) is 0.388. The maximum Gasteiger partial charge on any atom is 0.408 e. The van der Waals surface area contributed by atoms with Crippen molar-refractivity contribution in [3.63, 3.8) is 0 Å². The summed E-state index contributed by atoms with van der Waals surface area (Å²) in [5, 5.41) is 5.43. The van der Waals surface area contributed by atoms with E-state index in [1.165, 1.54) is 0 Å². The molecule has 25 heavy (non-hydrogen) atoms. The molecule has 0 rings (SSSR count). The summed E-state index contributed by atoms with van der Waals surface area (Å²) in [6.07, 6.45) is 4.04. The molecule has 3 amide bonds. The lowest BCUT2D eigenvalue weighted by atomic mass is 10.1. The first-order valence-corrected chi connectivity index (χ1v) is 8.91. The van der Waals surface area contributed by atoms with Crippen LogP contribution in [-0.2, 0) is 14.3 Å². The predicted molar refractivity (Wildman–Crippen MR) is 96.7 cm³/mol. The van der Waals surface area contributed by atoms with E-state index in [-0.39, 0.29) is 11.8 Å². The van der Waals surface area contributed by atoms with Gasteiger partial charge in [0.05, 0.1) is 0 Å². The van der Waals surface area contributed by atoms with Gasteiger partial charge in [0.2, 0.25) is 11.8 Å². The lowest BCUT2D eigenvalue weighted by Gasteiger charge is -2.23. The zero-order valence-electron chi connectivity index (χ0n) is 15.7. The van der Waals surface area contributed by atoms with Gasteiger partial charge in [0.25, 0.3) is 0 Å². The minimum atomic E-state index is -0.646. The Morgan fingerprint density at radius 1 is 1.04 bits per heavy atom. The minimum Gasteiger partial charge on any atom is -0.444 e. The van der Waals surface area contributed by atoms with Crippen molar-refractivity contribution in [2.75, 3.05) is 13.1 Å². The van der Waals surface area contributed by atoms with E-state index >= 15 is 0 Å². The summed E-state index contributed by atoms with van der Waals surface area (Å²) in [5.41, 5.74) is 9.93. The number of unbranched alkanes of at least 4 members (excludes halogenated alkanes) is 3. The van der Waals surface area contributed by atoms with Crippen LogP contribution >= 0.6 is 0 Å². The maximum atomic E-state index is 12.3. The largest absolute Gasteiger partial charge is 0.444 e. The number of carbonyl (C=O) groups excluding carboxylic acids is 3. The highest BCUT2D eigenvalue weighted by Crippen LogP contribution is 2.08. The summed E-state index contributed by atoms with van der Waals surface area (Å²) in [7, 11) is 0. The van der Waals surface area contributed by atoms with Crippen molar-refractivity contribution in [1.29, 1.82) is 0 Å². The zero-order valence-corrected chi connectivity index (χ0v) is 15.7. The third-order valence-electron chi connectivity index (χ3n) is 3.35.